The van der Waals surface area contributed by atoms with Crippen molar-refractivity contribution >= 4 is 17.6 Å². The Morgan fingerprint density at radius 3 is 2.71 bits per heavy atom. The average Bonchev–Trinajstić information content (AvgIpc) is 2.72. The summed E-state index contributed by atoms with van der Waals surface area (Å²) in [6.07, 6.45) is 0. The molecular formula is C10H14N6O. The summed E-state index contributed by atoms with van der Waals surface area (Å²) in [5.74, 6) is 8.13. The quantitative estimate of drug-likeness (QED) is 0.458. The van der Waals surface area contributed by atoms with Gasteiger partial charge in [-0.15, -0.1) is 0 Å². The van der Waals surface area contributed by atoms with Crippen LogP contribution in [0.5, 0.6) is 0 Å². The topological polar surface area (TPSA) is 115 Å². The van der Waals surface area contributed by atoms with Gasteiger partial charge in [-0.05, 0) is 19.1 Å². The standard InChI is InChI=1S/C10H14N6O/c1-6-2-3-7(17-6)5-13-8-4-9(16-12)15-10(11)14-8/h2-4H,5,12H2,1H3,(H4,11,13,14,15,16). The molecule has 0 saturated heterocycles. The number of nitrogens with zero attached hydrogens (tertiary/aromatic N) is 2. The van der Waals surface area contributed by atoms with Gasteiger partial charge in [0.15, 0.2) is 0 Å². The second-order valence-electron chi connectivity index (χ2n) is 3.51. The Kier molecular flexibility index (Phi) is 3.10. The Bertz CT molecular complexity index is 509. The molecule has 2 heterocycles. The number of anilines is 3. The van der Waals surface area contributed by atoms with Crippen molar-refractivity contribution in [3.63, 3.8) is 0 Å². The van der Waals surface area contributed by atoms with Gasteiger partial charge in [0.1, 0.15) is 23.2 Å². The molecule has 0 aliphatic carbocycles. The van der Waals surface area contributed by atoms with Crippen molar-refractivity contribution in [2.24, 2.45) is 5.84 Å². The summed E-state index contributed by atoms with van der Waals surface area (Å²) in [7, 11) is 0. The smallest absolute Gasteiger partial charge is 0.223 e. The highest BCUT2D eigenvalue weighted by Gasteiger charge is 2.03. The van der Waals surface area contributed by atoms with E-state index in [0.717, 1.165) is 11.5 Å². The molecule has 0 aliphatic rings. The summed E-state index contributed by atoms with van der Waals surface area (Å²) in [5, 5.41) is 3.07. The number of nitrogens with one attached hydrogen (secondary N) is 2. The Morgan fingerprint density at radius 2 is 2.06 bits per heavy atom. The molecule has 0 fully saturated rings. The van der Waals surface area contributed by atoms with Crippen LogP contribution >= 0.6 is 0 Å². The second kappa shape index (κ2) is 4.71. The van der Waals surface area contributed by atoms with E-state index < -0.39 is 0 Å². The fourth-order valence-corrected chi connectivity index (χ4v) is 1.39. The molecule has 0 saturated carbocycles. The van der Waals surface area contributed by atoms with Gasteiger partial charge in [-0.1, -0.05) is 0 Å². The molecule has 0 radical (unpaired) electrons. The molecule has 0 aromatic carbocycles. The van der Waals surface area contributed by atoms with Crippen LogP contribution in [0.1, 0.15) is 11.5 Å². The maximum Gasteiger partial charge on any atom is 0.223 e. The van der Waals surface area contributed by atoms with Crippen LogP contribution in [0.2, 0.25) is 0 Å². The van der Waals surface area contributed by atoms with Crippen molar-refractivity contribution in [2.75, 3.05) is 16.5 Å². The van der Waals surface area contributed by atoms with E-state index in [1.165, 1.54) is 0 Å². The predicted octanol–water partition coefficient (Wildman–Crippen LogP) is 0.858. The van der Waals surface area contributed by atoms with Gasteiger partial charge in [0.05, 0.1) is 6.54 Å². The fraction of sp³-hybridized carbons (Fsp3) is 0.200. The lowest BCUT2D eigenvalue weighted by atomic mass is 10.4. The van der Waals surface area contributed by atoms with Crippen molar-refractivity contribution in [1.82, 2.24) is 9.97 Å². The first-order valence-electron chi connectivity index (χ1n) is 5.08. The number of nitrogen functional groups attached to an aromatic ring is 2. The van der Waals surface area contributed by atoms with Gasteiger partial charge in [-0.3, -0.25) is 0 Å². The van der Waals surface area contributed by atoms with Crippen molar-refractivity contribution in [3.8, 4) is 0 Å². The third-order valence-electron chi connectivity index (χ3n) is 2.13. The maximum absolute atomic E-state index is 5.53. The zero-order chi connectivity index (χ0) is 12.3. The van der Waals surface area contributed by atoms with Gasteiger partial charge in [0.25, 0.3) is 0 Å². The zero-order valence-corrected chi connectivity index (χ0v) is 9.40. The Hall–Kier alpha value is -2.28. The maximum atomic E-state index is 5.53. The summed E-state index contributed by atoms with van der Waals surface area (Å²) in [4.78, 5) is 7.90. The van der Waals surface area contributed by atoms with Gasteiger partial charge < -0.3 is 20.9 Å². The number of hydrazine groups is 1. The van der Waals surface area contributed by atoms with Gasteiger partial charge in [-0.2, -0.15) is 9.97 Å². The van der Waals surface area contributed by atoms with Crippen molar-refractivity contribution in [3.05, 3.63) is 29.7 Å². The highest BCUT2D eigenvalue weighted by atomic mass is 16.3. The Balaban J connectivity index is 2.05. The Labute approximate surface area is 98.2 Å². The van der Waals surface area contributed by atoms with E-state index in [1.54, 1.807) is 6.07 Å². The molecule has 7 nitrogen and oxygen atoms in total. The normalized spacial score (nSPS) is 10.2. The van der Waals surface area contributed by atoms with Crippen molar-refractivity contribution < 1.29 is 4.42 Å². The first-order chi connectivity index (χ1) is 8.17. The van der Waals surface area contributed by atoms with E-state index in [9.17, 15) is 0 Å². The first-order valence-corrected chi connectivity index (χ1v) is 5.08. The number of furan rings is 1. The summed E-state index contributed by atoms with van der Waals surface area (Å²) < 4.78 is 5.41. The van der Waals surface area contributed by atoms with Gasteiger partial charge >= 0.3 is 0 Å². The highest BCUT2D eigenvalue weighted by molar-refractivity contribution is 5.50. The van der Waals surface area contributed by atoms with Crippen LogP contribution in [0.25, 0.3) is 0 Å². The summed E-state index contributed by atoms with van der Waals surface area (Å²) in [6.45, 7) is 2.41. The SMILES string of the molecule is Cc1ccc(CNc2cc(NN)nc(N)n2)o1. The van der Waals surface area contributed by atoms with Crippen LogP contribution in [-0.2, 0) is 6.54 Å². The van der Waals surface area contributed by atoms with Crippen molar-refractivity contribution in [1.29, 1.82) is 0 Å². The monoisotopic (exact) mass is 234 g/mol. The molecular weight excluding hydrogens is 220 g/mol. The number of hydrogen-bond donors (Lipinski definition) is 4. The van der Waals surface area contributed by atoms with E-state index >= 15 is 0 Å². The molecule has 0 amide bonds. The molecule has 0 unspecified atom stereocenters. The third-order valence-corrected chi connectivity index (χ3v) is 2.13. The first kappa shape index (κ1) is 11.2. The minimum Gasteiger partial charge on any atom is -0.465 e. The van der Waals surface area contributed by atoms with E-state index in [0.29, 0.717) is 18.2 Å². The molecule has 2 rings (SSSR count). The summed E-state index contributed by atoms with van der Waals surface area (Å²) in [6, 6.07) is 5.46. The van der Waals surface area contributed by atoms with Crippen LogP contribution in [0.3, 0.4) is 0 Å². The predicted molar refractivity (Wildman–Crippen MR) is 65.0 cm³/mol. The lowest BCUT2D eigenvalue weighted by Gasteiger charge is -2.06. The molecule has 90 valence electrons. The van der Waals surface area contributed by atoms with Crippen LogP contribution in [0.4, 0.5) is 17.6 Å². The van der Waals surface area contributed by atoms with E-state index in [-0.39, 0.29) is 5.95 Å². The number of hydrogen-bond acceptors (Lipinski definition) is 7. The van der Waals surface area contributed by atoms with Crippen molar-refractivity contribution in [2.45, 2.75) is 13.5 Å². The third kappa shape index (κ3) is 2.85. The van der Waals surface area contributed by atoms with E-state index in [1.807, 2.05) is 19.1 Å². The lowest BCUT2D eigenvalue weighted by molar-refractivity contribution is 0.490. The van der Waals surface area contributed by atoms with Crippen LogP contribution in [0, 0.1) is 6.92 Å². The molecule has 0 atom stereocenters. The molecule has 7 heteroatoms. The second-order valence-corrected chi connectivity index (χ2v) is 3.51. The average molecular weight is 234 g/mol. The molecule has 0 bridgehead atoms. The minimum absolute atomic E-state index is 0.151. The molecule has 2 aromatic heterocycles. The fourth-order valence-electron chi connectivity index (χ4n) is 1.39. The minimum atomic E-state index is 0.151. The molecule has 17 heavy (non-hydrogen) atoms. The molecule has 6 N–H and O–H groups in total. The number of rotatable bonds is 4. The lowest BCUT2D eigenvalue weighted by Crippen LogP contribution is -2.11. The molecule has 2 aromatic rings. The van der Waals surface area contributed by atoms with E-state index in [4.69, 9.17) is 16.0 Å². The number of nitrogens with two attached hydrogens (primary N) is 2. The summed E-state index contributed by atoms with van der Waals surface area (Å²) in [5.41, 5.74) is 7.94. The van der Waals surface area contributed by atoms with Gasteiger partial charge in [-0.25, -0.2) is 5.84 Å². The van der Waals surface area contributed by atoms with E-state index in [2.05, 4.69) is 20.7 Å². The number of aromatic nitrogens is 2. The number of aryl methyl sites for hydroxylation is 1. The highest BCUT2D eigenvalue weighted by Crippen LogP contribution is 2.13. The van der Waals surface area contributed by atoms with Crippen LogP contribution in [-0.4, -0.2) is 9.97 Å². The summed E-state index contributed by atoms with van der Waals surface area (Å²) >= 11 is 0. The zero-order valence-electron chi connectivity index (χ0n) is 9.40. The van der Waals surface area contributed by atoms with Crippen LogP contribution < -0.4 is 22.3 Å². The molecule has 0 spiro atoms. The van der Waals surface area contributed by atoms with Crippen LogP contribution in [0.15, 0.2) is 22.6 Å². The van der Waals surface area contributed by atoms with Gasteiger partial charge in [0.2, 0.25) is 5.95 Å². The largest absolute Gasteiger partial charge is 0.465 e. The molecule has 0 aliphatic heterocycles. The van der Waals surface area contributed by atoms with Gasteiger partial charge in [0, 0.05) is 6.07 Å². The Morgan fingerprint density at radius 1 is 1.29 bits per heavy atom.